The highest BCUT2D eigenvalue weighted by molar-refractivity contribution is 5.98. The minimum absolute atomic E-state index is 0.228. The number of unbranched alkanes of at least 4 members (excludes halogenated alkanes) is 1. The number of hydrogen-bond donors (Lipinski definition) is 2. The number of benzene rings is 6. The van der Waals surface area contributed by atoms with Gasteiger partial charge >= 0.3 is 0 Å². The first-order chi connectivity index (χ1) is 28.1. The monoisotopic (exact) mass is 759 g/mol. The van der Waals surface area contributed by atoms with Gasteiger partial charge in [-0.1, -0.05) is 133 Å². The molecule has 9 heteroatoms. The topological polar surface area (TPSA) is 119 Å². The Labute approximate surface area is 333 Å². The molecule has 6 aromatic carbocycles. The lowest BCUT2D eigenvalue weighted by Gasteiger charge is -2.18. The molecule has 0 bridgehead atoms. The van der Waals surface area contributed by atoms with E-state index in [2.05, 4.69) is 16.7 Å². The quantitative estimate of drug-likeness (QED) is 0.0746. The van der Waals surface area contributed by atoms with Crippen molar-refractivity contribution in [3.8, 4) is 29.1 Å². The van der Waals surface area contributed by atoms with Gasteiger partial charge in [-0.3, -0.25) is 9.59 Å². The van der Waals surface area contributed by atoms with E-state index in [4.69, 9.17) is 18.9 Å². The van der Waals surface area contributed by atoms with Gasteiger partial charge in [0.25, 0.3) is 11.8 Å². The summed E-state index contributed by atoms with van der Waals surface area (Å²) in [4.78, 5) is 27.2. The maximum atomic E-state index is 13.7. The normalized spacial score (nSPS) is 11.1. The van der Waals surface area contributed by atoms with Gasteiger partial charge in [0.1, 0.15) is 32.5 Å². The van der Waals surface area contributed by atoms with Crippen LogP contribution in [0, 0.1) is 11.3 Å². The molecule has 0 aromatic heterocycles. The molecule has 0 unspecified atom stereocenters. The highest BCUT2D eigenvalue weighted by Gasteiger charge is 2.22. The summed E-state index contributed by atoms with van der Waals surface area (Å²) in [5.41, 5.74) is 4.49. The van der Waals surface area contributed by atoms with E-state index in [-0.39, 0.29) is 24.7 Å². The smallest absolute Gasteiger partial charge is 0.256 e. The lowest BCUT2D eigenvalue weighted by atomic mass is 10.1. The molecule has 0 radical (unpaired) electrons. The minimum Gasteiger partial charge on any atom is -0.485 e. The lowest BCUT2D eigenvalue weighted by molar-refractivity contribution is 0.0935. The van der Waals surface area contributed by atoms with Gasteiger partial charge in [0, 0.05) is 6.54 Å². The molecule has 0 heterocycles. The van der Waals surface area contributed by atoms with Gasteiger partial charge < -0.3 is 29.6 Å². The molecule has 0 spiro atoms. The first kappa shape index (κ1) is 39.6. The Morgan fingerprint density at radius 2 is 0.895 bits per heavy atom. The maximum absolute atomic E-state index is 13.7. The average Bonchev–Trinajstić information content (AvgIpc) is 3.27. The summed E-state index contributed by atoms with van der Waals surface area (Å²) in [6, 6.07) is 50.8. The summed E-state index contributed by atoms with van der Waals surface area (Å²) >= 11 is 0. The third kappa shape index (κ3) is 12.0. The first-order valence-electron chi connectivity index (χ1n) is 19.0. The van der Waals surface area contributed by atoms with Crippen molar-refractivity contribution in [3.05, 3.63) is 191 Å². The molecule has 9 nitrogen and oxygen atoms in total. The highest BCUT2D eigenvalue weighted by Crippen LogP contribution is 2.34. The minimum atomic E-state index is -0.763. The zero-order chi connectivity index (χ0) is 39.5. The lowest BCUT2D eigenvalue weighted by Crippen LogP contribution is -2.34. The van der Waals surface area contributed by atoms with E-state index in [0.717, 1.165) is 22.3 Å². The summed E-state index contributed by atoms with van der Waals surface area (Å²) in [5.74, 6) is 0.816. The van der Waals surface area contributed by atoms with Gasteiger partial charge in [0.15, 0.2) is 23.0 Å². The van der Waals surface area contributed by atoms with Gasteiger partial charge in [0.05, 0.1) is 17.2 Å². The van der Waals surface area contributed by atoms with Crippen molar-refractivity contribution in [3.63, 3.8) is 0 Å². The van der Waals surface area contributed by atoms with Crippen LogP contribution >= 0.6 is 0 Å². The number of nitriles is 1. The Bertz CT molecular complexity index is 2210. The molecular formula is C48H45N3O6. The molecule has 57 heavy (non-hydrogen) atoms. The third-order valence-electron chi connectivity index (χ3n) is 9.04. The zero-order valence-electron chi connectivity index (χ0n) is 31.6. The van der Waals surface area contributed by atoms with Gasteiger partial charge in [0.2, 0.25) is 0 Å². The number of amides is 2. The molecule has 0 saturated carbocycles. The van der Waals surface area contributed by atoms with Crippen LogP contribution < -0.4 is 29.6 Å². The van der Waals surface area contributed by atoms with Crippen LogP contribution in [0.15, 0.2) is 158 Å². The predicted molar refractivity (Wildman–Crippen MR) is 219 cm³/mol. The predicted octanol–water partition coefficient (Wildman–Crippen LogP) is 9.22. The summed E-state index contributed by atoms with van der Waals surface area (Å²) in [7, 11) is 0. The number of carbonyl (C=O) groups excluding carboxylic acids is 2. The fourth-order valence-corrected chi connectivity index (χ4v) is 6.02. The number of carbonyl (C=O) groups is 2. The molecule has 2 N–H and O–H groups in total. The van der Waals surface area contributed by atoms with E-state index in [1.807, 2.05) is 121 Å². The van der Waals surface area contributed by atoms with E-state index >= 15 is 0 Å². The standard InChI is InChI=1S/C48H45N3O6/c49-31-40(51-48(53)42-27-16-29-44(55-33-37-19-7-2-8-20-37)46(42)57-35-39-23-11-4-12-24-39)25-13-14-30-50-47(52)41-26-15-28-43(54-32-36-17-5-1-6-18-36)45(41)56-34-38-21-9-3-10-22-38/h1-12,15-24,26-29,40H,13-14,25,30,32-35H2,(H,50,52)(H,51,53)/t40-/m1/s1. The van der Waals surface area contributed by atoms with Gasteiger partial charge in [-0.15, -0.1) is 0 Å². The number of hydrogen-bond acceptors (Lipinski definition) is 7. The number of ether oxygens (including phenoxy) is 4. The Morgan fingerprint density at radius 1 is 0.491 bits per heavy atom. The molecule has 6 rings (SSSR count). The van der Waals surface area contributed by atoms with E-state index in [1.54, 1.807) is 36.4 Å². The molecule has 0 aliphatic rings. The number of rotatable bonds is 20. The second-order valence-corrected chi connectivity index (χ2v) is 13.3. The van der Waals surface area contributed by atoms with E-state index in [9.17, 15) is 14.9 Å². The van der Waals surface area contributed by atoms with Crippen molar-refractivity contribution in [1.82, 2.24) is 10.6 Å². The van der Waals surface area contributed by atoms with Crippen LogP contribution in [0.1, 0.15) is 62.2 Å². The molecule has 288 valence electrons. The Balaban J connectivity index is 1.05. The molecule has 6 aromatic rings. The fourth-order valence-electron chi connectivity index (χ4n) is 6.02. The summed E-state index contributed by atoms with van der Waals surface area (Å²) in [5, 5.41) is 15.8. The van der Waals surface area contributed by atoms with E-state index < -0.39 is 11.9 Å². The van der Waals surface area contributed by atoms with Crippen molar-refractivity contribution in [2.24, 2.45) is 0 Å². The zero-order valence-corrected chi connectivity index (χ0v) is 31.6. The second kappa shape index (κ2) is 21.1. The maximum Gasteiger partial charge on any atom is 0.256 e. The van der Waals surface area contributed by atoms with Crippen molar-refractivity contribution in [2.75, 3.05) is 6.54 Å². The molecule has 0 aliphatic carbocycles. The third-order valence-corrected chi connectivity index (χ3v) is 9.04. The average molecular weight is 760 g/mol. The van der Waals surface area contributed by atoms with Crippen LogP contribution in [0.5, 0.6) is 23.0 Å². The largest absolute Gasteiger partial charge is 0.485 e. The first-order valence-corrected chi connectivity index (χ1v) is 19.0. The van der Waals surface area contributed by atoms with Crippen LogP contribution in [-0.4, -0.2) is 24.4 Å². The van der Waals surface area contributed by atoms with Gasteiger partial charge in [-0.05, 0) is 65.8 Å². The molecule has 2 amide bonds. The molecule has 0 aliphatic heterocycles. The van der Waals surface area contributed by atoms with Crippen LogP contribution in [0.25, 0.3) is 0 Å². The number of para-hydroxylation sites is 2. The Hall–Kier alpha value is -7.05. The fraction of sp³-hybridized carbons (Fsp3) is 0.188. The SMILES string of the molecule is N#C[C@@H](CCCCNC(=O)c1cccc(OCc2ccccc2)c1OCc1ccccc1)NC(=O)c1cccc(OCc2ccccc2)c1OCc1ccccc1. The summed E-state index contributed by atoms with van der Waals surface area (Å²) < 4.78 is 24.7. The highest BCUT2D eigenvalue weighted by atomic mass is 16.5. The second-order valence-electron chi connectivity index (χ2n) is 13.3. The van der Waals surface area contributed by atoms with Crippen molar-refractivity contribution in [1.29, 1.82) is 5.26 Å². The van der Waals surface area contributed by atoms with Gasteiger partial charge in [-0.25, -0.2) is 0 Å². The van der Waals surface area contributed by atoms with Crippen LogP contribution in [0.3, 0.4) is 0 Å². The van der Waals surface area contributed by atoms with Crippen LogP contribution in [0.2, 0.25) is 0 Å². The Morgan fingerprint density at radius 3 is 1.32 bits per heavy atom. The Kier molecular flexibility index (Phi) is 14.7. The number of nitrogens with one attached hydrogen (secondary N) is 2. The van der Waals surface area contributed by atoms with Crippen LogP contribution in [0.4, 0.5) is 0 Å². The van der Waals surface area contributed by atoms with Gasteiger partial charge in [-0.2, -0.15) is 5.26 Å². The van der Waals surface area contributed by atoms with Crippen LogP contribution in [-0.2, 0) is 26.4 Å². The summed E-state index contributed by atoms with van der Waals surface area (Å²) in [6.07, 6.45) is 1.54. The number of nitrogens with zero attached hydrogens (tertiary/aromatic N) is 1. The van der Waals surface area contributed by atoms with E-state index in [0.29, 0.717) is 67.6 Å². The van der Waals surface area contributed by atoms with Crippen molar-refractivity contribution < 1.29 is 28.5 Å². The summed E-state index contributed by atoms with van der Waals surface area (Å²) in [6.45, 7) is 1.46. The van der Waals surface area contributed by atoms with E-state index in [1.165, 1.54) is 0 Å². The molecule has 0 fully saturated rings. The molecule has 0 saturated heterocycles. The molecule has 1 atom stereocenters. The van der Waals surface area contributed by atoms with Crippen molar-refractivity contribution in [2.45, 2.75) is 51.7 Å². The van der Waals surface area contributed by atoms with Crippen molar-refractivity contribution >= 4 is 11.8 Å². The molecular weight excluding hydrogens is 715 g/mol.